The van der Waals surface area contributed by atoms with Crippen LogP contribution in [0.3, 0.4) is 0 Å². The third-order valence-corrected chi connectivity index (χ3v) is 2.26. The van der Waals surface area contributed by atoms with Crippen molar-refractivity contribution in [2.45, 2.75) is 12.8 Å². The van der Waals surface area contributed by atoms with Gasteiger partial charge in [0.05, 0.1) is 7.11 Å². The Balaban J connectivity index is 2.36. The minimum Gasteiger partial charge on any atom is -0.494 e. The number of unbranched alkanes of at least 4 members (excludes halogenated alkanes) is 1. The van der Waals surface area contributed by atoms with Crippen molar-refractivity contribution in [1.82, 2.24) is 0 Å². The molecule has 0 heterocycles. The van der Waals surface area contributed by atoms with Crippen molar-refractivity contribution in [3.05, 3.63) is 24.0 Å². The van der Waals surface area contributed by atoms with E-state index in [4.69, 9.17) is 9.47 Å². The van der Waals surface area contributed by atoms with Crippen molar-refractivity contribution >= 4 is 5.69 Å². The second kappa shape index (κ2) is 7.06. The van der Waals surface area contributed by atoms with E-state index >= 15 is 0 Å². The van der Waals surface area contributed by atoms with Crippen LogP contribution in [0.15, 0.2) is 18.2 Å². The molecule has 16 heavy (non-hydrogen) atoms. The standard InChI is InChI=1S/C12H18FNO2/c1-15-8-4-3-7-14-10-5-6-11(13)12(9-10)16-2/h5-6,9,14H,3-4,7-8H2,1-2H3. The first-order chi connectivity index (χ1) is 7.77. The zero-order valence-electron chi connectivity index (χ0n) is 9.75. The molecule has 0 atom stereocenters. The highest BCUT2D eigenvalue weighted by atomic mass is 19.1. The number of nitrogens with one attached hydrogen (secondary N) is 1. The Morgan fingerprint density at radius 2 is 2.06 bits per heavy atom. The first-order valence-corrected chi connectivity index (χ1v) is 5.34. The van der Waals surface area contributed by atoms with Gasteiger partial charge in [-0.25, -0.2) is 4.39 Å². The van der Waals surface area contributed by atoms with Crippen LogP contribution in [0.2, 0.25) is 0 Å². The molecule has 0 spiro atoms. The van der Waals surface area contributed by atoms with Crippen LogP contribution in [-0.4, -0.2) is 27.4 Å². The van der Waals surface area contributed by atoms with Crippen molar-refractivity contribution in [2.24, 2.45) is 0 Å². The zero-order valence-corrected chi connectivity index (χ0v) is 9.75. The SMILES string of the molecule is COCCCCNc1ccc(F)c(OC)c1. The summed E-state index contributed by atoms with van der Waals surface area (Å²) in [4.78, 5) is 0. The highest BCUT2D eigenvalue weighted by molar-refractivity contribution is 5.48. The quantitative estimate of drug-likeness (QED) is 0.726. The first-order valence-electron chi connectivity index (χ1n) is 5.34. The normalized spacial score (nSPS) is 10.2. The lowest BCUT2D eigenvalue weighted by Gasteiger charge is -2.08. The Morgan fingerprint density at radius 1 is 1.25 bits per heavy atom. The van der Waals surface area contributed by atoms with Gasteiger partial charge in [-0.1, -0.05) is 0 Å². The smallest absolute Gasteiger partial charge is 0.165 e. The molecular formula is C12H18FNO2. The maximum atomic E-state index is 13.1. The number of ether oxygens (including phenoxy) is 2. The van der Waals surface area contributed by atoms with E-state index in [9.17, 15) is 4.39 Å². The van der Waals surface area contributed by atoms with Gasteiger partial charge >= 0.3 is 0 Å². The summed E-state index contributed by atoms with van der Waals surface area (Å²) in [5.74, 6) is -0.0747. The van der Waals surface area contributed by atoms with Gasteiger partial charge in [-0.15, -0.1) is 0 Å². The van der Waals surface area contributed by atoms with E-state index in [-0.39, 0.29) is 11.6 Å². The molecule has 1 N–H and O–H groups in total. The molecule has 1 aromatic carbocycles. The molecular weight excluding hydrogens is 209 g/mol. The minimum absolute atomic E-state index is 0.266. The molecule has 0 fully saturated rings. The third-order valence-electron chi connectivity index (χ3n) is 2.26. The van der Waals surface area contributed by atoms with E-state index < -0.39 is 0 Å². The number of hydrogen-bond donors (Lipinski definition) is 1. The molecule has 0 aliphatic carbocycles. The number of rotatable bonds is 7. The van der Waals surface area contributed by atoms with Crippen LogP contribution in [0.1, 0.15) is 12.8 Å². The van der Waals surface area contributed by atoms with Gasteiger partial charge in [-0.05, 0) is 25.0 Å². The molecule has 0 aromatic heterocycles. The summed E-state index contributed by atoms with van der Waals surface area (Å²) in [6.07, 6.45) is 2.04. The Bertz CT molecular complexity index is 318. The number of benzene rings is 1. The molecule has 0 radical (unpaired) electrons. The van der Waals surface area contributed by atoms with Crippen molar-refractivity contribution < 1.29 is 13.9 Å². The average Bonchev–Trinajstić information content (AvgIpc) is 2.31. The summed E-state index contributed by atoms with van der Waals surface area (Å²) >= 11 is 0. The van der Waals surface area contributed by atoms with Crippen LogP contribution in [0.4, 0.5) is 10.1 Å². The Morgan fingerprint density at radius 3 is 2.75 bits per heavy atom. The highest BCUT2D eigenvalue weighted by Gasteiger charge is 2.02. The fourth-order valence-electron chi connectivity index (χ4n) is 1.37. The van der Waals surface area contributed by atoms with E-state index in [1.54, 1.807) is 19.2 Å². The van der Waals surface area contributed by atoms with Gasteiger partial charge in [0.2, 0.25) is 0 Å². The Labute approximate surface area is 95.6 Å². The van der Waals surface area contributed by atoms with E-state index in [1.165, 1.54) is 13.2 Å². The maximum Gasteiger partial charge on any atom is 0.165 e. The van der Waals surface area contributed by atoms with Gasteiger partial charge in [0.15, 0.2) is 11.6 Å². The molecule has 90 valence electrons. The molecule has 0 aliphatic rings. The molecule has 0 saturated carbocycles. The maximum absolute atomic E-state index is 13.1. The molecule has 0 amide bonds. The predicted molar refractivity (Wildman–Crippen MR) is 62.6 cm³/mol. The molecule has 0 bridgehead atoms. The van der Waals surface area contributed by atoms with Gasteiger partial charge in [-0.3, -0.25) is 0 Å². The van der Waals surface area contributed by atoms with E-state index in [1.807, 2.05) is 0 Å². The van der Waals surface area contributed by atoms with Crippen LogP contribution in [0, 0.1) is 5.82 Å². The van der Waals surface area contributed by atoms with Crippen LogP contribution >= 0.6 is 0 Å². The predicted octanol–water partition coefficient (Wildman–Crippen LogP) is 2.67. The molecule has 1 rings (SSSR count). The first kappa shape index (κ1) is 12.8. The van der Waals surface area contributed by atoms with Crippen LogP contribution in [0.25, 0.3) is 0 Å². The van der Waals surface area contributed by atoms with E-state index in [2.05, 4.69) is 5.32 Å². The number of anilines is 1. The van der Waals surface area contributed by atoms with Gasteiger partial charge in [0.1, 0.15) is 0 Å². The summed E-state index contributed by atoms with van der Waals surface area (Å²) < 4.78 is 22.9. The van der Waals surface area contributed by atoms with Crippen LogP contribution in [-0.2, 0) is 4.74 Å². The van der Waals surface area contributed by atoms with Crippen LogP contribution < -0.4 is 10.1 Å². The third kappa shape index (κ3) is 4.06. The molecule has 4 heteroatoms. The lowest BCUT2D eigenvalue weighted by atomic mass is 10.2. The number of hydrogen-bond acceptors (Lipinski definition) is 3. The second-order valence-electron chi connectivity index (χ2n) is 3.48. The molecule has 0 unspecified atom stereocenters. The van der Waals surface area contributed by atoms with Gasteiger partial charge in [0.25, 0.3) is 0 Å². The molecule has 1 aromatic rings. The summed E-state index contributed by atoms with van der Waals surface area (Å²) in [5, 5.41) is 3.20. The molecule has 3 nitrogen and oxygen atoms in total. The van der Waals surface area contributed by atoms with Crippen molar-refractivity contribution in [3.8, 4) is 5.75 Å². The Hall–Kier alpha value is -1.29. The van der Waals surface area contributed by atoms with Crippen LogP contribution in [0.5, 0.6) is 5.75 Å². The van der Waals surface area contributed by atoms with Crippen molar-refractivity contribution in [3.63, 3.8) is 0 Å². The summed E-state index contributed by atoms with van der Waals surface area (Å²) in [7, 11) is 3.15. The zero-order chi connectivity index (χ0) is 11.8. The largest absolute Gasteiger partial charge is 0.494 e. The summed E-state index contributed by atoms with van der Waals surface area (Å²) in [6, 6.07) is 4.76. The van der Waals surface area contributed by atoms with Crippen molar-refractivity contribution in [2.75, 3.05) is 32.7 Å². The summed E-state index contributed by atoms with van der Waals surface area (Å²) in [5.41, 5.74) is 0.871. The second-order valence-corrected chi connectivity index (χ2v) is 3.48. The van der Waals surface area contributed by atoms with Gasteiger partial charge in [0, 0.05) is 32.0 Å². The highest BCUT2D eigenvalue weighted by Crippen LogP contribution is 2.21. The topological polar surface area (TPSA) is 30.5 Å². The molecule has 0 saturated heterocycles. The Kier molecular flexibility index (Phi) is 5.64. The lowest BCUT2D eigenvalue weighted by Crippen LogP contribution is -2.03. The fraction of sp³-hybridized carbons (Fsp3) is 0.500. The minimum atomic E-state index is -0.340. The van der Waals surface area contributed by atoms with E-state index in [0.717, 1.165) is 31.7 Å². The van der Waals surface area contributed by atoms with Crippen molar-refractivity contribution in [1.29, 1.82) is 0 Å². The monoisotopic (exact) mass is 227 g/mol. The number of halogens is 1. The fourth-order valence-corrected chi connectivity index (χ4v) is 1.37. The lowest BCUT2D eigenvalue weighted by molar-refractivity contribution is 0.194. The van der Waals surface area contributed by atoms with Gasteiger partial charge in [-0.2, -0.15) is 0 Å². The average molecular weight is 227 g/mol. The summed E-state index contributed by atoms with van der Waals surface area (Å²) in [6.45, 7) is 1.62. The molecule has 0 aliphatic heterocycles. The van der Waals surface area contributed by atoms with Gasteiger partial charge < -0.3 is 14.8 Å². The number of methoxy groups -OCH3 is 2. The van der Waals surface area contributed by atoms with E-state index in [0.29, 0.717) is 0 Å².